The molecular weight excluding hydrogens is 280 g/mol. The van der Waals surface area contributed by atoms with E-state index in [1.54, 1.807) is 12.3 Å². The lowest BCUT2D eigenvalue weighted by atomic mass is 10.2. The first-order chi connectivity index (χ1) is 9.52. The van der Waals surface area contributed by atoms with E-state index < -0.39 is 11.5 Å². The molecule has 0 aliphatic rings. The highest BCUT2D eigenvalue weighted by atomic mass is 32.1. The first-order valence-corrected chi connectivity index (χ1v) is 7.29. The largest absolute Gasteiger partial charge is 0.462 e. The highest BCUT2D eigenvalue weighted by Crippen LogP contribution is 2.23. The predicted octanol–water partition coefficient (Wildman–Crippen LogP) is 1.35. The van der Waals surface area contributed by atoms with Gasteiger partial charge in [-0.3, -0.25) is 13.9 Å². The topological polar surface area (TPSA) is 70.3 Å². The van der Waals surface area contributed by atoms with Crippen LogP contribution in [0.5, 0.6) is 0 Å². The SMILES string of the molecule is CCCn1c(=O)n(C)c(=O)c2c(C(=O)OCC)csc21. The summed E-state index contributed by atoms with van der Waals surface area (Å²) in [5, 5.41) is 1.85. The minimum Gasteiger partial charge on any atom is -0.462 e. The number of aryl methyl sites for hydroxylation is 1. The molecule has 0 saturated heterocycles. The molecule has 6 nitrogen and oxygen atoms in total. The number of fused-ring (bicyclic) bond motifs is 1. The molecule has 2 aromatic heterocycles. The van der Waals surface area contributed by atoms with Gasteiger partial charge in [0.05, 0.1) is 17.6 Å². The summed E-state index contributed by atoms with van der Waals surface area (Å²) in [6.07, 6.45) is 0.764. The smallest absolute Gasteiger partial charge is 0.339 e. The quantitative estimate of drug-likeness (QED) is 0.799. The van der Waals surface area contributed by atoms with E-state index >= 15 is 0 Å². The second-order valence-electron chi connectivity index (χ2n) is 4.35. The molecule has 0 aliphatic carbocycles. The van der Waals surface area contributed by atoms with E-state index in [1.807, 2.05) is 6.92 Å². The Balaban J connectivity index is 2.82. The van der Waals surface area contributed by atoms with Crippen molar-refractivity contribution in [2.45, 2.75) is 26.8 Å². The van der Waals surface area contributed by atoms with E-state index in [0.29, 0.717) is 11.4 Å². The molecule has 0 unspecified atom stereocenters. The van der Waals surface area contributed by atoms with Gasteiger partial charge in [-0.15, -0.1) is 11.3 Å². The molecule has 0 atom stereocenters. The molecule has 0 aliphatic heterocycles. The Bertz CT molecular complexity index is 769. The Morgan fingerprint density at radius 3 is 2.65 bits per heavy atom. The number of thiophene rings is 1. The molecule has 20 heavy (non-hydrogen) atoms. The fourth-order valence-electron chi connectivity index (χ4n) is 2.06. The van der Waals surface area contributed by atoms with Gasteiger partial charge >= 0.3 is 11.7 Å². The third-order valence-electron chi connectivity index (χ3n) is 3.00. The van der Waals surface area contributed by atoms with Gasteiger partial charge < -0.3 is 4.74 Å². The molecule has 0 aromatic carbocycles. The number of nitrogens with zero attached hydrogens (tertiary/aromatic N) is 2. The lowest BCUT2D eigenvalue weighted by molar-refractivity contribution is 0.0529. The van der Waals surface area contributed by atoms with E-state index in [1.165, 1.54) is 23.0 Å². The number of rotatable bonds is 4. The van der Waals surface area contributed by atoms with Gasteiger partial charge in [0.1, 0.15) is 4.83 Å². The summed E-state index contributed by atoms with van der Waals surface area (Å²) < 4.78 is 7.52. The summed E-state index contributed by atoms with van der Waals surface area (Å²) in [5.41, 5.74) is -0.583. The van der Waals surface area contributed by atoms with Crippen molar-refractivity contribution in [2.24, 2.45) is 7.05 Å². The van der Waals surface area contributed by atoms with Gasteiger partial charge in [-0.2, -0.15) is 0 Å². The van der Waals surface area contributed by atoms with Crippen molar-refractivity contribution in [3.8, 4) is 0 Å². The second kappa shape index (κ2) is 5.62. The van der Waals surface area contributed by atoms with Crippen molar-refractivity contribution < 1.29 is 9.53 Å². The highest BCUT2D eigenvalue weighted by Gasteiger charge is 2.20. The van der Waals surface area contributed by atoms with Gasteiger partial charge in [-0.25, -0.2) is 9.59 Å². The zero-order valence-corrected chi connectivity index (χ0v) is 12.5. The Hall–Kier alpha value is -1.89. The summed E-state index contributed by atoms with van der Waals surface area (Å²) in [5.74, 6) is -0.530. The fraction of sp³-hybridized carbons (Fsp3) is 0.462. The van der Waals surface area contributed by atoms with Crippen molar-refractivity contribution >= 4 is 27.5 Å². The van der Waals surface area contributed by atoms with E-state index in [-0.39, 0.29) is 23.2 Å². The lowest BCUT2D eigenvalue weighted by Crippen LogP contribution is -2.38. The zero-order chi connectivity index (χ0) is 14.9. The third kappa shape index (κ3) is 2.18. The Morgan fingerprint density at radius 2 is 2.05 bits per heavy atom. The van der Waals surface area contributed by atoms with Gasteiger partial charge in [0, 0.05) is 19.0 Å². The first-order valence-electron chi connectivity index (χ1n) is 6.41. The average molecular weight is 296 g/mol. The standard InChI is InChI=1S/C13H16N2O4S/c1-4-6-15-11-9(10(16)14(3)13(15)18)8(7-20-11)12(17)19-5-2/h7H,4-6H2,1-3H3. The summed E-state index contributed by atoms with van der Waals surface area (Å²) in [4.78, 5) is 36.8. The molecule has 108 valence electrons. The van der Waals surface area contributed by atoms with Gasteiger partial charge in [0.2, 0.25) is 0 Å². The van der Waals surface area contributed by atoms with Gasteiger partial charge in [-0.05, 0) is 13.3 Å². The number of carbonyl (C=O) groups excluding carboxylic acids is 1. The molecule has 0 spiro atoms. The van der Waals surface area contributed by atoms with Crippen LogP contribution in [-0.4, -0.2) is 21.7 Å². The third-order valence-corrected chi connectivity index (χ3v) is 4.00. The van der Waals surface area contributed by atoms with Crippen LogP contribution in [0, 0.1) is 0 Å². The fourth-order valence-corrected chi connectivity index (χ4v) is 3.11. The maximum atomic E-state index is 12.2. The monoisotopic (exact) mass is 296 g/mol. The van der Waals surface area contributed by atoms with Crippen molar-refractivity contribution in [2.75, 3.05) is 6.61 Å². The Kier molecular flexibility index (Phi) is 4.08. The number of hydrogen-bond donors (Lipinski definition) is 0. The van der Waals surface area contributed by atoms with E-state index in [0.717, 1.165) is 11.0 Å². The van der Waals surface area contributed by atoms with Crippen LogP contribution in [0.15, 0.2) is 15.0 Å². The molecule has 2 aromatic rings. The van der Waals surface area contributed by atoms with Crippen LogP contribution in [0.1, 0.15) is 30.6 Å². The number of ether oxygens (including phenoxy) is 1. The minimum absolute atomic E-state index is 0.234. The summed E-state index contributed by atoms with van der Waals surface area (Å²) in [7, 11) is 1.42. The van der Waals surface area contributed by atoms with Crippen LogP contribution in [0.3, 0.4) is 0 Å². The molecule has 0 N–H and O–H groups in total. The molecule has 0 fully saturated rings. The predicted molar refractivity (Wildman–Crippen MR) is 77.6 cm³/mol. The summed E-state index contributed by atoms with van der Waals surface area (Å²) in [6, 6.07) is 0. The van der Waals surface area contributed by atoms with Gasteiger partial charge in [0.15, 0.2) is 0 Å². The van der Waals surface area contributed by atoms with Crippen molar-refractivity contribution in [3.63, 3.8) is 0 Å². The first kappa shape index (κ1) is 14.5. The summed E-state index contributed by atoms with van der Waals surface area (Å²) in [6.45, 7) is 4.40. The van der Waals surface area contributed by atoms with Crippen LogP contribution in [0.25, 0.3) is 10.2 Å². The number of hydrogen-bond acceptors (Lipinski definition) is 5. The molecule has 0 amide bonds. The maximum Gasteiger partial charge on any atom is 0.339 e. The molecule has 7 heteroatoms. The van der Waals surface area contributed by atoms with Crippen LogP contribution in [-0.2, 0) is 18.3 Å². The van der Waals surface area contributed by atoms with E-state index in [4.69, 9.17) is 4.74 Å². The maximum absolute atomic E-state index is 12.2. The Morgan fingerprint density at radius 1 is 1.35 bits per heavy atom. The average Bonchev–Trinajstić information content (AvgIpc) is 2.86. The molecular formula is C13H16N2O4S. The van der Waals surface area contributed by atoms with E-state index in [2.05, 4.69) is 0 Å². The molecule has 2 heterocycles. The molecule has 2 rings (SSSR count). The van der Waals surface area contributed by atoms with Crippen LogP contribution in [0.2, 0.25) is 0 Å². The lowest BCUT2D eigenvalue weighted by Gasteiger charge is -2.08. The molecule has 0 radical (unpaired) electrons. The second-order valence-corrected chi connectivity index (χ2v) is 5.21. The zero-order valence-electron chi connectivity index (χ0n) is 11.6. The molecule has 0 bridgehead atoms. The Labute approximate surface area is 119 Å². The summed E-state index contributed by atoms with van der Waals surface area (Å²) >= 11 is 1.22. The highest BCUT2D eigenvalue weighted by molar-refractivity contribution is 7.17. The van der Waals surface area contributed by atoms with Crippen molar-refractivity contribution in [1.29, 1.82) is 0 Å². The van der Waals surface area contributed by atoms with Crippen LogP contribution < -0.4 is 11.2 Å². The van der Waals surface area contributed by atoms with Gasteiger partial charge in [-0.1, -0.05) is 6.92 Å². The minimum atomic E-state index is -0.530. The van der Waals surface area contributed by atoms with E-state index in [9.17, 15) is 14.4 Å². The van der Waals surface area contributed by atoms with Crippen LogP contribution >= 0.6 is 11.3 Å². The number of esters is 1. The van der Waals surface area contributed by atoms with Crippen molar-refractivity contribution in [3.05, 3.63) is 31.8 Å². The molecule has 0 saturated carbocycles. The van der Waals surface area contributed by atoms with Crippen molar-refractivity contribution in [1.82, 2.24) is 9.13 Å². The van der Waals surface area contributed by atoms with Crippen LogP contribution in [0.4, 0.5) is 0 Å². The van der Waals surface area contributed by atoms with Gasteiger partial charge in [0.25, 0.3) is 5.56 Å². The number of carbonyl (C=O) groups is 1. The number of aromatic nitrogens is 2. The normalized spacial score (nSPS) is 10.9.